The number of alkyl carbamates (subject to hydrolysis) is 1. The number of ether oxygens (including phenoxy) is 2. The monoisotopic (exact) mass is 815 g/mol. The van der Waals surface area contributed by atoms with Crippen LogP contribution in [0.3, 0.4) is 0 Å². The fourth-order valence-corrected chi connectivity index (χ4v) is 6.77. The Hall–Kier alpha value is -3.62. The lowest BCUT2D eigenvalue weighted by Gasteiger charge is -2.34. The first kappa shape index (κ1) is 44.8. The number of esters is 1. The van der Waals surface area contributed by atoms with E-state index in [-0.39, 0.29) is 31.2 Å². The van der Waals surface area contributed by atoms with E-state index in [1.807, 2.05) is 6.92 Å². The van der Waals surface area contributed by atoms with Crippen LogP contribution in [-0.4, -0.2) is 93.6 Å². The van der Waals surface area contributed by atoms with Crippen molar-refractivity contribution in [3.63, 3.8) is 0 Å². The molecule has 14 nitrogen and oxygen atoms in total. The Morgan fingerprint density at radius 3 is 2.17 bits per heavy atom. The third-order valence-electron chi connectivity index (χ3n) is 9.05. The molecule has 1 saturated heterocycles. The highest BCUT2D eigenvalue weighted by Crippen LogP contribution is 2.31. The number of carbonyl (C=O) groups excluding carboxylic acids is 7. The van der Waals surface area contributed by atoms with Crippen molar-refractivity contribution in [3.8, 4) is 0 Å². The molecule has 4 N–H and O–H groups in total. The van der Waals surface area contributed by atoms with E-state index in [0.29, 0.717) is 24.8 Å². The Balaban J connectivity index is 1.68. The lowest BCUT2D eigenvalue weighted by atomic mass is 9.83. The van der Waals surface area contributed by atoms with E-state index in [1.165, 1.54) is 4.90 Å². The molecule has 0 radical (unpaired) electrons. The summed E-state index contributed by atoms with van der Waals surface area (Å²) in [5.74, 6) is -4.95. The van der Waals surface area contributed by atoms with Crippen molar-refractivity contribution in [2.45, 2.75) is 120 Å². The van der Waals surface area contributed by atoms with E-state index < -0.39 is 88.2 Å². The normalized spacial score (nSPS) is 19.4. The largest absolute Gasteiger partial charge is 0.458 e. The number of amides is 5. The number of ketones is 1. The van der Waals surface area contributed by atoms with Crippen molar-refractivity contribution >= 4 is 76.3 Å². The first-order valence-electron chi connectivity index (χ1n) is 18.3. The number of nitrogens with one attached hydrogen (secondary N) is 4. The van der Waals surface area contributed by atoms with Gasteiger partial charge >= 0.3 is 12.1 Å². The lowest BCUT2D eigenvalue weighted by Crippen LogP contribution is -2.58. The van der Waals surface area contributed by atoms with E-state index in [4.69, 9.17) is 44.3 Å². The highest BCUT2D eigenvalue weighted by atomic mass is 35.6. The van der Waals surface area contributed by atoms with E-state index >= 15 is 0 Å². The van der Waals surface area contributed by atoms with Crippen molar-refractivity contribution in [3.05, 3.63) is 35.9 Å². The van der Waals surface area contributed by atoms with Gasteiger partial charge in [0, 0.05) is 6.54 Å². The molecule has 54 heavy (non-hydrogen) atoms. The highest BCUT2D eigenvalue weighted by molar-refractivity contribution is 6.67. The van der Waals surface area contributed by atoms with Crippen molar-refractivity contribution in [2.24, 2.45) is 11.8 Å². The number of nitrogens with zero attached hydrogens (tertiary/aromatic N) is 1. The Kier molecular flexibility index (Phi) is 16.9. The third-order valence-corrected chi connectivity index (χ3v) is 9.38. The zero-order valence-electron chi connectivity index (χ0n) is 31.4. The first-order valence-corrected chi connectivity index (χ1v) is 19.4. The van der Waals surface area contributed by atoms with Gasteiger partial charge in [0.05, 0.1) is 12.6 Å². The van der Waals surface area contributed by atoms with Crippen molar-refractivity contribution in [2.75, 3.05) is 19.7 Å². The van der Waals surface area contributed by atoms with Gasteiger partial charge in [-0.3, -0.25) is 24.0 Å². The van der Waals surface area contributed by atoms with Gasteiger partial charge in [0.2, 0.25) is 27.3 Å². The Morgan fingerprint density at radius 1 is 0.926 bits per heavy atom. The summed E-state index contributed by atoms with van der Waals surface area (Å²) in [7, 11) is 0. The summed E-state index contributed by atoms with van der Waals surface area (Å²) in [5.41, 5.74) is -0.368. The van der Waals surface area contributed by atoms with Crippen molar-refractivity contribution in [1.82, 2.24) is 26.2 Å². The average molecular weight is 817 g/mol. The maximum absolute atomic E-state index is 14.1. The number of halogens is 3. The van der Waals surface area contributed by atoms with Crippen LogP contribution < -0.4 is 21.3 Å². The molecule has 2 aliphatic rings. The van der Waals surface area contributed by atoms with Crippen LogP contribution in [0.1, 0.15) is 97.6 Å². The van der Waals surface area contributed by atoms with Gasteiger partial charge in [0.25, 0.3) is 5.91 Å². The van der Waals surface area contributed by atoms with Crippen molar-refractivity contribution < 1.29 is 43.0 Å². The van der Waals surface area contributed by atoms with E-state index in [2.05, 4.69) is 21.3 Å². The van der Waals surface area contributed by atoms with Crippen LogP contribution in [0, 0.1) is 11.8 Å². The molecule has 1 aromatic rings. The Morgan fingerprint density at radius 2 is 1.57 bits per heavy atom. The molecule has 1 aliphatic heterocycles. The second-order valence-electron chi connectivity index (χ2n) is 14.9. The number of hydrogen-bond donors (Lipinski definition) is 4. The third kappa shape index (κ3) is 14.2. The van der Waals surface area contributed by atoms with Crippen LogP contribution in [0.15, 0.2) is 30.3 Å². The molecular weight excluding hydrogens is 765 g/mol. The molecule has 0 bridgehead atoms. The minimum absolute atomic E-state index is 0.0875. The molecule has 5 atom stereocenters. The zero-order valence-corrected chi connectivity index (χ0v) is 33.7. The molecule has 0 spiro atoms. The van der Waals surface area contributed by atoms with Gasteiger partial charge in [-0.2, -0.15) is 0 Å². The quantitative estimate of drug-likeness (QED) is 0.113. The molecule has 1 saturated carbocycles. The number of rotatable bonds is 15. The van der Waals surface area contributed by atoms with Gasteiger partial charge < -0.3 is 35.6 Å². The van der Waals surface area contributed by atoms with Gasteiger partial charge in [0.15, 0.2) is 6.04 Å². The fraction of sp³-hybridized carbons (Fsp3) is 0.649. The summed E-state index contributed by atoms with van der Waals surface area (Å²) >= 11 is 17.2. The predicted molar refractivity (Wildman–Crippen MR) is 202 cm³/mol. The SMILES string of the molecule is CCCC(NC(=O)[C@@H]1C[C@@H](C)CN1C(=O)[C@@H](NC(=O)OCC(Cl)(Cl)Cl)C1CCCCC1)C(=O)C(=O)NCC(=O)N[C@H](C(=O)OC(C)(C)C)c1ccccc1. The standard InChI is InChI=1S/C37H52Cl3N5O9/c1-6-13-25(30(47)32(49)41-19-27(46)43-29(24-16-11-8-12-17-24)34(51)54-36(3,4)5)42-31(48)26-18-22(2)20-45(26)33(50)28(23-14-9-7-10-15-23)44-35(52)53-21-37(38,39)40/h8,11-12,16-17,22-23,25-26,28-29H,6-7,9-10,13-15,18-21H2,1-5H3,(H,41,49)(H,42,48)(H,43,46)(H,44,52)/t22-,25?,26+,28+,29+/m1/s1. The first-order chi connectivity index (χ1) is 25.3. The number of Topliss-reactive ketones (excluding diaryl/α,β-unsaturated/α-hetero) is 1. The number of benzene rings is 1. The topological polar surface area (TPSA) is 189 Å². The van der Waals surface area contributed by atoms with E-state index in [1.54, 1.807) is 58.0 Å². The van der Waals surface area contributed by atoms with Crippen LogP contribution in [-0.2, 0) is 38.2 Å². The van der Waals surface area contributed by atoms with Gasteiger partial charge in [-0.15, -0.1) is 0 Å². The summed E-state index contributed by atoms with van der Waals surface area (Å²) in [5, 5.41) is 10.1. The molecule has 3 rings (SSSR count). The predicted octanol–water partition coefficient (Wildman–Crippen LogP) is 4.44. The summed E-state index contributed by atoms with van der Waals surface area (Å²) in [6, 6.07) is 4.02. The van der Waals surface area contributed by atoms with Crippen LogP contribution in [0.5, 0.6) is 0 Å². The van der Waals surface area contributed by atoms with Crippen LogP contribution in [0.2, 0.25) is 0 Å². The van der Waals surface area contributed by atoms with E-state index in [9.17, 15) is 33.6 Å². The molecular formula is C37H52Cl3N5O9. The fourth-order valence-electron chi connectivity index (χ4n) is 6.61. The van der Waals surface area contributed by atoms with Gasteiger partial charge in [-0.05, 0) is 63.9 Å². The van der Waals surface area contributed by atoms with Gasteiger partial charge in [-0.1, -0.05) is 105 Å². The minimum atomic E-state index is -1.85. The van der Waals surface area contributed by atoms with Gasteiger partial charge in [-0.25, -0.2) is 9.59 Å². The summed E-state index contributed by atoms with van der Waals surface area (Å²) < 4.78 is 8.67. The molecule has 2 fully saturated rings. The minimum Gasteiger partial charge on any atom is -0.458 e. The molecule has 5 amide bonds. The Labute approximate surface area is 331 Å². The number of likely N-dealkylation sites (tertiary alicyclic amines) is 1. The smallest absolute Gasteiger partial charge is 0.407 e. The Bertz CT molecular complexity index is 1500. The zero-order chi connectivity index (χ0) is 40.2. The van der Waals surface area contributed by atoms with Gasteiger partial charge in [0.1, 0.15) is 24.3 Å². The van der Waals surface area contributed by atoms with E-state index in [0.717, 1.165) is 19.3 Å². The summed E-state index contributed by atoms with van der Waals surface area (Å²) in [6.45, 7) is 7.78. The molecule has 1 aromatic carbocycles. The maximum atomic E-state index is 14.1. The highest BCUT2D eigenvalue weighted by Gasteiger charge is 2.44. The summed E-state index contributed by atoms with van der Waals surface area (Å²) in [6.07, 6.45) is 3.95. The molecule has 1 heterocycles. The maximum Gasteiger partial charge on any atom is 0.407 e. The molecule has 17 heteroatoms. The van der Waals surface area contributed by atoms with Crippen molar-refractivity contribution in [1.29, 1.82) is 0 Å². The second-order valence-corrected chi connectivity index (χ2v) is 17.4. The number of carbonyl (C=O) groups is 7. The number of alkyl halides is 3. The average Bonchev–Trinajstić information content (AvgIpc) is 3.51. The number of hydrogen-bond acceptors (Lipinski definition) is 9. The second kappa shape index (κ2) is 20.3. The molecule has 0 aromatic heterocycles. The van der Waals surface area contributed by atoms with Crippen LogP contribution in [0.4, 0.5) is 4.79 Å². The molecule has 300 valence electrons. The molecule has 1 unspecified atom stereocenters. The molecule has 1 aliphatic carbocycles. The van der Waals surface area contributed by atoms with Crippen LogP contribution in [0.25, 0.3) is 0 Å². The lowest BCUT2D eigenvalue weighted by molar-refractivity contribution is -0.158. The summed E-state index contributed by atoms with van der Waals surface area (Å²) in [4.78, 5) is 94.3. The van der Waals surface area contributed by atoms with Crippen LogP contribution >= 0.6 is 34.8 Å².